The summed E-state index contributed by atoms with van der Waals surface area (Å²) in [6.07, 6.45) is 3.73. The predicted molar refractivity (Wildman–Crippen MR) is 250 cm³/mol. The van der Waals surface area contributed by atoms with Crippen LogP contribution in [-0.4, -0.2) is 84.0 Å². The molecule has 0 unspecified atom stereocenters. The first kappa shape index (κ1) is 42.4. The van der Waals surface area contributed by atoms with Crippen molar-refractivity contribution < 1.29 is 28.0 Å². The molecule has 0 radical (unpaired) electrons. The highest BCUT2D eigenvalue weighted by atomic mass is 31.2. The lowest BCUT2D eigenvalue weighted by Crippen LogP contribution is -2.58. The zero-order valence-electron chi connectivity index (χ0n) is 36.2. The Balaban J connectivity index is 1.01. The first-order valence-electron chi connectivity index (χ1n) is 21.9. The van der Waals surface area contributed by atoms with Gasteiger partial charge < -0.3 is 33.0 Å². The zero-order valence-corrected chi connectivity index (χ0v) is 38.1. The summed E-state index contributed by atoms with van der Waals surface area (Å²) in [5.41, 5.74) is 2.30. The van der Waals surface area contributed by atoms with E-state index in [1.807, 2.05) is 66.7 Å². The van der Waals surface area contributed by atoms with E-state index in [1.54, 1.807) is 25.0 Å². The van der Waals surface area contributed by atoms with Crippen LogP contribution >= 0.6 is 8.53 Å². The number of aromatic nitrogens is 4. The molecule has 3 aliphatic heterocycles. The van der Waals surface area contributed by atoms with Gasteiger partial charge in [-0.05, 0) is 59.8 Å². The van der Waals surface area contributed by atoms with E-state index in [2.05, 4.69) is 99.0 Å². The normalized spacial score (nSPS) is 22.5. The van der Waals surface area contributed by atoms with E-state index in [-0.39, 0.29) is 24.4 Å². The third kappa shape index (κ3) is 7.89. The van der Waals surface area contributed by atoms with Gasteiger partial charge in [0.2, 0.25) is 0 Å². The van der Waals surface area contributed by atoms with E-state index in [0.29, 0.717) is 17.6 Å². The first-order chi connectivity index (χ1) is 31.4. The molecule has 2 aromatic heterocycles. The van der Waals surface area contributed by atoms with Gasteiger partial charge in [-0.15, -0.1) is 0 Å². The summed E-state index contributed by atoms with van der Waals surface area (Å²) in [7, 11) is -0.408. The molecule has 5 heterocycles. The molecule has 3 fully saturated rings. The number of rotatable bonds is 15. The van der Waals surface area contributed by atoms with Crippen molar-refractivity contribution >= 4 is 38.1 Å². The van der Waals surface area contributed by atoms with E-state index in [4.69, 9.17) is 28.0 Å². The Morgan fingerprint density at radius 1 is 0.797 bits per heavy atom. The number of H-pyrrole nitrogens is 1. The van der Waals surface area contributed by atoms with Crippen molar-refractivity contribution in [3.05, 3.63) is 179 Å². The van der Waals surface area contributed by atoms with Crippen LogP contribution < -0.4 is 25.5 Å². The van der Waals surface area contributed by atoms with E-state index in [9.17, 15) is 4.79 Å². The molecule has 328 valence electrons. The largest absolute Gasteiger partial charge is 0.497 e. The third-order valence-electron chi connectivity index (χ3n) is 13.3. The number of hydrogen-bond acceptors (Lipinski definition) is 10. The number of benzene rings is 5. The van der Waals surface area contributed by atoms with E-state index in [1.165, 1.54) is 16.7 Å². The fourth-order valence-corrected chi connectivity index (χ4v) is 15.9. The highest BCUT2D eigenvalue weighted by Gasteiger charge is 2.52. The molecule has 64 heavy (non-hydrogen) atoms. The van der Waals surface area contributed by atoms with Gasteiger partial charge in [0.1, 0.15) is 49.3 Å². The molecule has 7 aromatic rings. The first-order valence-corrected chi connectivity index (χ1v) is 25.8. The molecular weight excluding hydrogens is 842 g/mol. The minimum Gasteiger partial charge on any atom is -0.497 e. The molecule has 5 aromatic carbocycles. The van der Waals surface area contributed by atoms with Crippen LogP contribution in [0.3, 0.4) is 0 Å². The maximum absolute atomic E-state index is 13.7. The van der Waals surface area contributed by atoms with Gasteiger partial charge in [-0.2, -0.15) is 0 Å². The maximum Gasteiger partial charge on any atom is 0.329 e. The van der Waals surface area contributed by atoms with Crippen molar-refractivity contribution in [2.45, 2.75) is 68.0 Å². The summed E-state index contributed by atoms with van der Waals surface area (Å²) in [6.45, 7) is 3.48. The van der Waals surface area contributed by atoms with Crippen LogP contribution in [0.25, 0.3) is 11.2 Å². The quantitative estimate of drug-likeness (QED) is 0.0620. The molecule has 1 N–H and O–H groups in total. The van der Waals surface area contributed by atoms with E-state index < -0.39 is 40.6 Å². The molecule has 0 aliphatic carbocycles. The van der Waals surface area contributed by atoms with Crippen molar-refractivity contribution in [1.82, 2.24) is 24.2 Å². The Bertz CT molecular complexity index is 2620. The zero-order chi connectivity index (χ0) is 43.7. The predicted octanol–water partition coefficient (Wildman–Crippen LogP) is 7.80. The number of fused-ring (bicyclic) bond motifs is 2. The minimum atomic E-state index is -2.25. The molecule has 0 saturated carbocycles. The molecule has 0 bridgehead atoms. The molecule has 12 nitrogen and oxygen atoms in total. The fourth-order valence-electron chi connectivity index (χ4n) is 9.94. The van der Waals surface area contributed by atoms with Crippen LogP contribution in [0.1, 0.15) is 42.2 Å². The molecule has 3 aliphatic rings. The number of methoxy groups -OCH3 is 2. The van der Waals surface area contributed by atoms with Gasteiger partial charge in [0.05, 0.1) is 39.2 Å². The minimum absolute atomic E-state index is 0.0117. The van der Waals surface area contributed by atoms with Gasteiger partial charge in [0, 0.05) is 19.0 Å². The molecule has 0 amide bonds. The van der Waals surface area contributed by atoms with Crippen molar-refractivity contribution in [2.75, 3.05) is 27.4 Å². The summed E-state index contributed by atoms with van der Waals surface area (Å²) in [4.78, 5) is 25.2. The highest BCUT2D eigenvalue weighted by molar-refractivity contribution is 7.45. The SMILES string of the molecule is COc1ccc(C(OC[C@H]2O[C@@H](n3c(=O)[nH]c4cncnc43)C[C@@H]2O[P@@]2O[C@H](C[Si](C)(c3ccccc3)c3ccccc3)[C@@H]3CCCN32)(c2ccccc2)c2ccc(OC)cc2)cc1. The van der Waals surface area contributed by atoms with Crippen molar-refractivity contribution in [3.8, 4) is 11.5 Å². The monoisotopic (exact) mass is 893 g/mol. The summed E-state index contributed by atoms with van der Waals surface area (Å²) in [5.74, 6) is 1.47. The average Bonchev–Trinajstić information content (AvgIpc) is 4.14. The summed E-state index contributed by atoms with van der Waals surface area (Å²) in [5, 5.41) is 2.78. The van der Waals surface area contributed by atoms with Crippen LogP contribution in [0.15, 0.2) is 157 Å². The average molecular weight is 894 g/mol. The highest BCUT2D eigenvalue weighted by Crippen LogP contribution is 2.59. The molecule has 3 saturated heterocycles. The second-order valence-corrected chi connectivity index (χ2v) is 22.5. The number of nitrogens with zero attached hydrogens (tertiary/aromatic N) is 4. The smallest absolute Gasteiger partial charge is 0.329 e. The molecule has 10 rings (SSSR count). The lowest BCUT2D eigenvalue weighted by molar-refractivity contribution is -0.0911. The number of nitrogens with one attached hydrogen (secondary N) is 1. The maximum atomic E-state index is 13.7. The molecular formula is C50H52N5O7PSi. The van der Waals surface area contributed by atoms with E-state index >= 15 is 0 Å². The summed E-state index contributed by atoms with van der Waals surface area (Å²) < 4.78 is 44.1. The second-order valence-electron chi connectivity index (χ2n) is 16.9. The Kier molecular flexibility index (Phi) is 12.1. The fraction of sp³-hybridized carbons (Fsp3) is 0.300. The number of hydrogen-bond donors (Lipinski definition) is 1. The molecule has 14 heteroatoms. The van der Waals surface area contributed by atoms with Gasteiger partial charge in [-0.1, -0.05) is 132 Å². The Morgan fingerprint density at radius 2 is 1.39 bits per heavy atom. The third-order valence-corrected chi connectivity index (χ3v) is 19.5. The van der Waals surface area contributed by atoms with Crippen LogP contribution in [0, 0.1) is 0 Å². The van der Waals surface area contributed by atoms with Crippen LogP contribution in [0.2, 0.25) is 12.6 Å². The number of imidazole rings is 1. The topological polar surface area (TPSA) is 122 Å². The second kappa shape index (κ2) is 18.2. The van der Waals surface area contributed by atoms with E-state index in [0.717, 1.165) is 53.6 Å². The lowest BCUT2D eigenvalue weighted by atomic mass is 9.80. The van der Waals surface area contributed by atoms with Crippen LogP contribution in [0.5, 0.6) is 11.5 Å². The number of aromatic amines is 1. The summed E-state index contributed by atoms with van der Waals surface area (Å²) >= 11 is 0. The van der Waals surface area contributed by atoms with Crippen molar-refractivity contribution in [2.24, 2.45) is 0 Å². The number of ether oxygens (including phenoxy) is 4. The standard InChI is InChI=1S/C50H52N5O7PSi/c1-57-38-25-21-36(22-26-38)50(35-14-7-4-8-15-35,37-23-27-39(58-2)28-24-37)59-32-45-44(30-47(60-45)55-48-42(53-49(55)56)31-51-34-52-48)61-63-54-29-13-20-43(54)46(62-63)33-64(3,40-16-9-5-10-17-40)41-18-11-6-12-19-41/h4-12,14-19,21-28,31,34,43-47H,13,20,29-30,32-33H2,1-3H3,(H,53,56)/t43-,44-,45+,46+,47+,63-/m0/s1. The van der Waals surface area contributed by atoms with Crippen molar-refractivity contribution in [3.63, 3.8) is 0 Å². The van der Waals surface area contributed by atoms with Gasteiger partial charge in [-0.25, -0.2) is 24.0 Å². The molecule has 6 atom stereocenters. The van der Waals surface area contributed by atoms with Gasteiger partial charge in [0.25, 0.3) is 8.53 Å². The molecule has 0 spiro atoms. The van der Waals surface area contributed by atoms with Crippen LogP contribution in [-0.2, 0) is 24.1 Å². The lowest BCUT2D eigenvalue weighted by Gasteiger charge is -2.37. The van der Waals surface area contributed by atoms with Gasteiger partial charge >= 0.3 is 5.69 Å². The Labute approximate surface area is 375 Å². The Morgan fingerprint density at radius 3 is 2.00 bits per heavy atom. The summed E-state index contributed by atoms with van der Waals surface area (Å²) in [6, 6.07) is 49.2. The van der Waals surface area contributed by atoms with Crippen LogP contribution in [0.4, 0.5) is 0 Å². The van der Waals surface area contributed by atoms with Gasteiger partial charge in [-0.3, -0.25) is 0 Å². The van der Waals surface area contributed by atoms with Crippen molar-refractivity contribution in [1.29, 1.82) is 0 Å². The van der Waals surface area contributed by atoms with Gasteiger partial charge in [0.15, 0.2) is 5.65 Å². The Hall–Kier alpha value is -5.50.